The van der Waals surface area contributed by atoms with E-state index < -0.39 is 16.1 Å². The van der Waals surface area contributed by atoms with Crippen LogP contribution in [0.25, 0.3) is 5.65 Å². The van der Waals surface area contributed by atoms with Gasteiger partial charge in [0.05, 0.1) is 23.5 Å². The van der Waals surface area contributed by atoms with E-state index in [9.17, 15) is 4.39 Å². The van der Waals surface area contributed by atoms with E-state index in [-0.39, 0.29) is 17.8 Å². The van der Waals surface area contributed by atoms with Gasteiger partial charge in [-0.3, -0.25) is 4.99 Å². The first-order valence-electron chi connectivity index (χ1n) is 16.3. The van der Waals surface area contributed by atoms with Crippen LogP contribution in [0.2, 0.25) is 51.4 Å². The molecule has 12 heteroatoms. The number of hydrogen-bond acceptors (Lipinski definition) is 8. The predicted octanol–water partition coefficient (Wildman–Crippen LogP) is 6.98. The molecule has 0 radical (unpaired) electrons. The molecule has 1 saturated heterocycles. The maximum absolute atomic E-state index is 14.4. The summed E-state index contributed by atoms with van der Waals surface area (Å²) in [7, 11) is -2.50. The Labute approximate surface area is 269 Å². The van der Waals surface area contributed by atoms with Gasteiger partial charge in [0.15, 0.2) is 5.65 Å². The number of benzene rings is 1. The Morgan fingerprint density at radius 1 is 1.00 bits per heavy atom. The standard InChI is InChI=1S/C33H51FN6O3Si2/c1-24(37-26-10-12-41-13-11-26)31-19-32(39(22-42-14-16-44(2,3)4)23-43-15-17-45(5,6)7)40-33(38-31)29(21-36-40)28-20-35-30-9-8-25(34)18-27(28)30/h8-9,18-21,24,26,28,37H,10-17,22-23H2,1-7H3. The highest BCUT2D eigenvalue weighted by Gasteiger charge is 2.28. The zero-order valence-corrected chi connectivity index (χ0v) is 30.1. The van der Waals surface area contributed by atoms with Crippen molar-refractivity contribution in [3.63, 3.8) is 0 Å². The molecule has 2 unspecified atom stereocenters. The maximum atomic E-state index is 14.4. The van der Waals surface area contributed by atoms with Crippen molar-refractivity contribution in [1.29, 1.82) is 0 Å². The molecule has 45 heavy (non-hydrogen) atoms. The lowest BCUT2D eigenvalue weighted by atomic mass is 9.95. The van der Waals surface area contributed by atoms with Gasteiger partial charge < -0.3 is 24.4 Å². The Bertz CT molecular complexity index is 1440. The number of nitrogens with one attached hydrogen (secondary N) is 1. The van der Waals surface area contributed by atoms with E-state index in [1.54, 1.807) is 12.1 Å². The van der Waals surface area contributed by atoms with Crippen LogP contribution in [0.1, 0.15) is 48.5 Å². The molecule has 2 aliphatic rings. The van der Waals surface area contributed by atoms with Crippen LogP contribution in [-0.2, 0) is 14.2 Å². The molecule has 0 aliphatic carbocycles. The highest BCUT2D eigenvalue weighted by molar-refractivity contribution is 6.76. The third kappa shape index (κ3) is 9.07. The molecule has 0 saturated carbocycles. The van der Waals surface area contributed by atoms with Crippen LogP contribution in [0.15, 0.2) is 35.5 Å². The lowest BCUT2D eigenvalue weighted by Gasteiger charge is -2.29. The largest absolute Gasteiger partial charge is 0.381 e. The van der Waals surface area contributed by atoms with E-state index in [1.165, 1.54) is 6.07 Å². The van der Waals surface area contributed by atoms with Crippen LogP contribution in [0.3, 0.4) is 0 Å². The molecule has 2 aliphatic heterocycles. The molecule has 0 amide bonds. The fourth-order valence-electron chi connectivity index (χ4n) is 5.60. The van der Waals surface area contributed by atoms with Crippen molar-refractivity contribution in [1.82, 2.24) is 19.9 Å². The number of halogens is 1. The second kappa shape index (κ2) is 14.5. The molecule has 1 fully saturated rings. The Morgan fingerprint density at radius 2 is 1.67 bits per heavy atom. The summed E-state index contributed by atoms with van der Waals surface area (Å²) >= 11 is 0. The predicted molar refractivity (Wildman–Crippen MR) is 185 cm³/mol. The second-order valence-electron chi connectivity index (χ2n) is 14.8. The molecule has 9 nitrogen and oxygen atoms in total. The number of ether oxygens (including phenoxy) is 3. The number of aliphatic imine (C=N–C) groups is 1. The Morgan fingerprint density at radius 3 is 2.31 bits per heavy atom. The quantitative estimate of drug-likeness (QED) is 0.108. The van der Waals surface area contributed by atoms with Crippen LogP contribution < -0.4 is 10.2 Å². The molecule has 0 bridgehead atoms. The van der Waals surface area contributed by atoms with Crippen molar-refractivity contribution in [2.24, 2.45) is 4.99 Å². The molecule has 3 aromatic rings. The van der Waals surface area contributed by atoms with Crippen LogP contribution in [0, 0.1) is 5.82 Å². The van der Waals surface area contributed by atoms with E-state index in [2.05, 4.69) is 67.5 Å². The van der Waals surface area contributed by atoms with Gasteiger partial charge in [0.1, 0.15) is 25.1 Å². The molecule has 5 rings (SSSR count). The molecular weight excluding hydrogens is 604 g/mol. The van der Waals surface area contributed by atoms with Crippen molar-refractivity contribution in [2.75, 3.05) is 44.8 Å². The summed E-state index contributed by atoms with van der Waals surface area (Å²) in [6, 6.07) is 9.39. The van der Waals surface area contributed by atoms with E-state index in [0.717, 1.165) is 72.1 Å². The van der Waals surface area contributed by atoms with Crippen molar-refractivity contribution >= 4 is 39.5 Å². The van der Waals surface area contributed by atoms with Crippen LogP contribution in [0.4, 0.5) is 15.9 Å². The Hall–Kier alpha value is -2.49. The van der Waals surface area contributed by atoms with Crippen LogP contribution in [0.5, 0.6) is 0 Å². The first kappa shape index (κ1) is 33.9. The zero-order valence-electron chi connectivity index (χ0n) is 28.1. The molecule has 2 atom stereocenters. The van der Waals surface area contributed by atoms with E-state index in [0.29, 0.717) is 32.7 Å². The molecule has 4 heterocycles. The molecular formula is C33H51FN6O3Si2. The zero-order chi connectivity index (χ0) is 32.2. The number of anilines is 1. The smallest absolute Gasteiger partial charge is 0.161 e. The molecule has 0 spiro atoms. The van der Waals surface area contributed by atoms with Gasteiger partial charge in [0.2, 0.25) is 0 Å². The van der Waals surface area contributed by atoms with E-state index in [1.807, 2.05) is 16.9 Å². The maximum Gasteiger partial charge on any atom is 0.161 e. The molecule has 1 aromatic carbocycles. The van der Waals surface area contributed by atoms with E-state index >= 15 is 0 Å². The minimum Gasteiger partial charge on any atom is -0.381 e. The van der Waals surface area contributed by atoms with Gasteiger partial charge in [-0.15, -0.1) is 0 Å². The fourth-order valence-corrected chi connectivity index (χ4v) is 7.12. The van der Waals surface area contributed by atoms with Crippen molar-refractivity contribution < 1.29 is 18.6 Å². The monoisotopic (exact) mass is 654 g/mol. The topological polar surface area (TPSA) is 85.5 Å². The van der Waals surface area contributed by atoms with Gasteiger partial charge in [-0.25, -0.2) is 9.37 Å². The second-order valence-corrected chi connectivity index (χ2v) is 26.1. The van der Waals surface area contributed by atoms with Crippen LogP contribution >= 0.6 is 0 Å². The van der Waals surface area contributed by atoms with Gasteiger partial charge in [-0.05, 0) is 55.6 Å². The van der Waals surface area contributed by atoms with Crippen LogP contribution in [-0.4, -0.2) is 82.9 Å². The SMILES string of the molecule is CC(NC1CCOCC1)c1cc(N(COCC[Si](C)(C)C)COCC[Si](C)(C)C)n2ncc(C3C=Nc4ccc(F)cc43)c2n1. The van der Waals surface area contributed by atoms with Gasteiger partial charge in [-0.1, -0.05) is 39.3 Å². The van der Waals surface area contributed by atoms with Gasteiger partial charge in [-0.2, -0.15) is 9.61 Å². The Balaban J connectivity index is 1.51. The van der Waals surface area contributed by atoms with Gasteiger partial charge in [0.25, 0.3) is 0 Å². The minimum atomic E-state index is -1.25. The number of fused-ring (bicyclic) bond motifs is 2. The van der Waals surface area contributed by atoms with E-state index in [4.69, 9.17) is 24.3 Å². The highest BCUT2D eigenvalue weighted by atomic mass is 28.3. The van der Waals surface area contributed by atoms with Crippen molar-refractivity contribution in [3.05, 3.63) is 53.1 Å². The summed E-state index contributed by atoms with van der Waals surface area (Å²) in [5.41, 5.74) is 4.14. The summed E-state index contributed by atoms with van der Waals surface area (Å²) in [4.78, 5) is 11.9. The average Bonchev–Trinajstić information content (AvgIpc) is 3.59. The van der Waals surface area contributed by atoms with Gasteiger partial charge >= 0.3 is 0 Å². The molecule has 246 valence electrons. The average molecular weight is 655 g/mol. The number of hydrogen-bond donors (Lipinski definition) is 1. The third-order valence-electron chi connectivity index (χ3n) is 8.48. The molecule has 1 N–H and O–H groups in total. The first-order valence-corrected chi connectivity index (χ1v) is 23.8. The summed E-state index contributed by atoms with van der Waals surface area (Å²) in [6.45, 7) is 20.0. The summed E-state index contributed by atoms with van der Waals surface area (Å²) in [6.07, 6.45) is 5.66. The highest BCUT2D eigenvalue weighted by Crippen LogP contribution is 2.39. The third-order valence-corrected chi connectivity index (χ3v) is 11.9. The first-order chi connectivity index (χ1) is 21.4. The number of rotatable bonds is 15. The number of aromatic nitrogens is 3. The Kier molecular flexibility index (Phi) is 10.9. The van der Waals surface area contributed by atoms with Crippen molar-refractivity contribution in [3.8, 4) is 0 Å². The van der Waals surface area contributed by atoms with Crippen molar-refractivity contribution in [2.45, 2.75) is 89.1 Å². The summed E-state index contributed by atoms with van der Waals surface area (Å²) in [5.74, 6) is 0.343. The lowest BCUT2D eigenvalue weighted by Crippen LogP contribution is -2.37. The van der Waals surface area contributed by atoms with Gasteiger partial charge in [0, 0.05) is 72.5 Å². The molecule has 2 aromatic heterocycles. The summed E-state index contributed by atoms with van der Waals surface area (Å²) < 4.78 is 34.4. The lowest BCUT2D eigenvalue weighted by molar-refractivity contribution is 0.0753. The summed E-state index contributed by atoms with van der Waals surface area (Å²) in [5, 5.41) is 8.64. The fraction of sp³-hybridized carbons (Fsp3) is 0.606. The minimum absolute atomic E-state index is 0.0101. The normalized spacial score (nSPS) is 18.1. The number of nitrogens with zero attached hydrogens (tertiary/aromatic N) is 5.